The van der Waals surface area contributed by atoms with Crippen LogP contribution in [0.3, 0.4) is 0 Å². The number of benzene rings is 1. The van der Waals surface area contributed by atoms with Crippen molar-refractivity contribution in [2.24, 2.45) is 5.92 Å². The molecule has 0 saturated carbocycles. The van der Waals surface area contributed by atoms with Gasteiger partial charge in [0.2, 0.25) is 10.0 Å². The number of aryl methyl sites for hydroxylation is 1. The van der Waals surface area contributed by atoms with Crippen LogP contribution in [-0.4, -0.2) is 37.4 Å². The molecule has 0 fully saturated rings. The van der Waals surface area contributed by atoms with Gasteiger partial charge in [0.15, 0.2) is 0 Å². The summed E-state index contributed by atoms with van der Waals surface area (Å²) in [5.41, 5.74) is 0.806. The maximum atomic E-state index is 12.4. The topological polar surface area (TPSA) is 74.7 Å². The Balaban J connectivity index is 3.10. The van der Waals surface area contributed by atoms with E-state index in [1.807, 2.05) is 0 Å². The molecule has 1 aromatic carbocycles. The molecule has 0 aliphatic rings. The minimum absolute atomic E-state index is 0.0714. The van der Waals surface area contributed by atoms with Crippen LogP contribution in [0.5, 0.6) is 0 Å². The molecule has 5 nitrogen and oxygen atoms in total. The highest BCUT2D eigenvalue weighted by atomic mass is 79.9. The van der Waals surface area contributed by atoms with Gasteiger partial charge in [-0.1, -0.05) is 19.1 Å². The molecule has 0 heterocycles. The van der Waals surface area contributed by atoms with Gasteiger partial charge >= 0.3 is 5.97 Å². The summed E-state index contributed by atoms with van der Waals surface area (Å²) < 4.78 is 26.3. The van der Waals surface area contributed by atoms with Crippen molar-refractivity contribution < 1.29 is 18.3 Å². The molecule has 0 spiro atoms. The molecule has 19 heavy (non-hydrogen) atoms. The Morgan fingerprint density at radius 2 is 2.05 bits per heavy atom. The molecule has 0 aromatic heterocycles. The standard InChI is InChI=1S/C12H16BrNO4S/c1-8-5-4-6-10(11(8)13)19(17,18)14(3)7-9(2)12(15)16/h4-6,9H,7H2,1-3H3,(H,15,16). The van der Waals surface area contributed by atoms with Gasteiger partial charge in [-0.25, -0.2) is 12.7 Å². The minimum Gasteiger partial charge on any atom is -0.481 e. The van der Waals surface area contributed by atoms with E-state index in [1.165, 1.54) is 20.0 Å². The van der Waals surface area contributed by atoms with Crippen LogP contribution < -0.4 is 0 Å². The van der Waals surface area contributed by atoms with E-state index in [4.69, 9.17) is 5.11 Å². The van der Waals surface area contributed by atoms with Gasteiger partial charge in [-0.05, 0) is 34.5 Å². The van der Waals surface area contributed by atoms with Gasteiger partial charge in [0.05, 0.1) is 10.8 Å². The number of hydrogen-bond donors (Lipinski definition) is 1. The number of aliphatic carboxylic acids is 1. The second kappa shape index (κ2) is 6.02. The molecule has 0 bridgehead atoms. The molecule has 0 aliphatic heterocycles. The Morgan fingerprint density at radius 1 is 1.47 bits per heavy atom. The number of rotatable bonds is 5. The number of halogens is 1. The third-order valence-corrected chi connectivity index (χ3v) is 5.98. The average molecular weight is 350 g/mol. The summed E-state index contributed by atoms with van der Waals surface area (Å²) in [5.74, 6) is -1.78. The second-order valence-electron chi connectivity index (χ2n) is 4.41. The fourth-order valence-electron chi connectivity index (χ4n) is 1.55. The van der Waals surface area contributed by atoms with Crippen LogP contribution in [0.15, 0.2) is 27.6 Å². The van der Waals surface area contributed by atoms with Crippen molar-refractivity contribution in [3.8, 4) is 0 Å². The quantitative estimate of drug-likeness (QED) is 0.883. The van der Waals surface area contributed by atoms with Gasteiger partial charge in [0, 0.05) is 18.1 Å². The molecule has 1 aromatic rings. The van der Waals surface area contributed by atoms with Gasteiger partial charge < -0.3 is 5.11 Å². The SMILES string of the molecule is Cc1cccc(S(=O)(=O)N(C)CC(C)C(=O)O)c1Br. The number of carbonyl (C=O) groups is 1. The van der Waals surface area contributed by atoms with Crippen molar-refractivity contribution in [3.63, 3.8) is 0 Å². The highest BCUT2D eigenvalue weighted by molar-refractivity contribution is 9.10. The molecule has 1 rings (SSSR count). The van der Waals surface area contributed by atoms with Crippen molar-refractivity contribution >= 4 is 31.9 Å². The second-order valence-corrected chi connectivity index (χ2v) is 7.22. The summed E-state index contributed by atoms with van der Waals surface area (Å²) in [5, 5.41) is 8.84. The zero-order valence-corrected chi connectivity index (χ0v) is 13.3. The molecule has 0 saturated heterocycles. The van der Waals surface area contributed by atoms with E-state index in [1.54, 1.807) is 19.1 Å². The van der Waals surface area contributed by atoms with Crippen LogP contribution in [0.1, 0.15) is 12.5 Å². The van der Waals surface area contributed by atoms with Crippen LogP contribution in [-0.2, 0) is 14.8 Å². The first-order valence-electron chi connectivity index (χ1n) is 5.62. The Bertz CT molecular complexity index is 585. The maximum Gasteiger partial charge on any atom is 0.307 e. The predicted molar refractivity (Wildman–Crippen MR) is 75.5 cm³/mol. The Labute approximate surface area is 121 Å². The number of hydrogen-bond acceptors (Lipinski definition) is 3. The molecule has 1 atom stereocenters. The van der Waals surface area contributed by atoms with Gasteiger partial charge in [-0.3, -0.25) is 4.79 Å². The number of carboxylic acid groups (broad SMARTS) is 1. The monoisotopic (exact) mass is 349 g/mol. The summed E-state index contributed by atoms with van der Waals surface area (Å²) in [4.78, 5) is 10.9. The van der Waals surface area contributed by atoms with E-state index in [-0.39, 0.29) is 11.4 Å². The van der Waals surface area contributed by atoms with Gasteiger partial charge in [-0.2, -0.15) is 0 Å². The van der Waals surface area contributed by atoms with Crippen LogP contribution in [0.2, 0.25) is 0 Å². The molecule has 0 aliphatic carbocycles. The van der Waals surface area contributed by atoms with E-state index >= 15 is 0 Å². The highest BCUT2D eigenvalue weighted by Gasteiger charge is 2.26. The summed E-state index contributed by atoms with van der Waals surface area (Å²) in [7, 11) is -2.32. The minimum atomic E-state index is -3.70. The molecule has 7 heteroatoms. The van der Waals surface area contributed by atoms with Crippen LogP contribution >= 0.6 is 15.9 Å². The van der Waals surface area contributed by atoms with Crippen molar-refractivity contribution in [1.82, 2.24) is 4.31 Å². The highest BCUT2D eigenvalue weighted by Crippen LogP contribution is 2.27. The lowest BCUT2D eigenvalue weighted by Crippen LogP contribution is -2.34. The number of sulfonamides is 1. The lowest BCUT2D eigenvalue weighted by molar-refractivity contribution is -0.141. The first-order valence-corrected chi connectivity index (χ1v) is 7.85. The van der Waals surface area contributed by atoms with Crippen molar-refractivity contribution in [2.45, 2.75) is 18.7 Å². The summed E-state index contributed by atoms with van der Waals surface area (Å²) >= 11 is 3.26. The van der Waals surface area contributed by atoms with Gasteiger partial charge in [0.25, 0.3) is 0 Å². The Morgan fingerprint density at radius 3 is 2.58 bits per heavy atom. The molecular weight excluding hydrogens is 334 g/mol. The predicted octanol–water partition coefficient (Wildman–Crippen LogP) is 2.10. The maximum absolute atomic E-state index is 12.4. The van der Waals surface area contributed by atoms with E-state index < -0.39 is 21.9 Å². The van der Waals surface area contributed by atoms with Gasteiger partial charge in [-0.15, -0.1) is 0 Å². The van der Waals surface area contributed by atoms with Gasteiger partial charge in [0.1, 0.15) is 0 Å². The van der Waals surface area contributed by atoms with Crippen LogP contribution in [0.25, 0.3) is 0 Å². The van der Waals surface area contributed by atoms with Crippen LogP contribution in [0, 0.1) is 12.8 Å². The third kappa shape index (κ3) is 3.55. The first kappa shape index (κ1) is 16.1. The Kier molecular flexibility index (Phi) is 5.11. The fraction of sp³-hybridized carbons (Fsp3) is 0.417. The van der Waals surface area contributed by atoms with E-state index in [2.05, 4.69) is 15.9 Å². The first-order chi connectivity index (χ1) is 8.67. The molecule has 1 N–H and O–H groups in total. The van der Waals surface area contributed by atoms with Crippen molar-refractivity contribution in [1.29, 1.82) is 0 Å². The van der Waals surface area contributed by atoms with Crippen molar-refractivity contribution in [2.75, 3.05) is 13.6 Å². The molecule has 106 valence electrons. The average Bonchev–Trinajstić information content (AvgIpc) is 2.32. The van der Waals surface area contributed by atoms with Crippen LogP contribution in [0.4, 0.5) is 0 Å². The van der Waals surface area contributed by atoms with E-state index in [0.717, 1.165) is 9.87 Å². The number of nitrogens with zero attached hydrogens (tertiary/aromatic N) is 1. The summed E-state index contributed by atoms with van der Waals surface area (Å²) in [6.45, 7) is 3.20. The fourth-order valence-corrected chi connectivity index (χ4v) is 3.82. The molecule has 1 unspecified atom stereocenters. The zero-order valence-electron chi connectivity index (χ0n) is 10.9. The third-order valence-electron chi connectivity index (χ3n) is 2.80. The summed E-state index contributed by atoms with van der Waals surface area (Å²) in [6.07, 6.45) is 0. The normalized spacial score (nSPS) is 13.5. The molecule has 0 radical (unpaired) electrons. The molecular formula is C12H16BrNO4S. The van der Waals surface area contributed by atoms with Crippen molar-refractivity contribution in [3.05, 3.63) is 28.2 Å². The summed E-state index contributed by atoms with van der Waals surface area (Å²) in [6, 6.07) is 4.94. The lowest BCUT2D eigenvalue weighted by Gasteiger charge is -2.20. The number of carboxylic acids is 1. The lowest BCUT2D eigenvalue weighted by atomic mass is 10.2. The van der Waals surface area contributed by atoms with E-state index in [9.17, 15) is 13.2 Å². The smallest absolute Gasteiger partial charge is 0.307 e. The Hall–Kier alpha value is -0.920. The largest absolute Gasteiger partial charge is 0.481 e. The molecule has 0 amide bonds. The van der Waals surface area contributed by atoms with E-state index in [0.29, 0.717) is 4.47 Å². The zero-order chi connectivity index (χ0) is 14.8.